The molecule has 0 fully saturated rings. The van der Waals surface area contributed by atoms with E-state index in [-0.39, 0.29) is 11.5 Å². The minimum absolute atomic E-state index is 0.128. The Morgan fingerprint density at radius 3 is 2.65 bits per heavy atom. The Kier molecular flexibility index (Phi) is 6.15. The van der Waals surface area contributed by atoms with Crippen molar-refractivity contribution < 1.29 is 9.90 Å². The largest absolute Gasteiger partial charge is 0.478 e. The van der Waals surface area contributed by atoms with Crippen LogP contribution in [0.25, 0.3) is 16.7 Å². The zero-order chi connectivity index (χ0) is 22.0. The van der Waals surface area contributed by atoms with Crippen LogP contribution in [0.4, 0.5) is 10.9 Å². The second-order valence-corrected chi connectivity index (χ2v) is 9.05. The van der Waals surface area contributed by atoms with Crippen molar-refractivity contribution in [2.75, 3.05) is 25.5 Å². The summed E-state index contributed by atoms with van der Waals surface area (Å²) in [6.07, 6.45) is 4.95. The molecule has 3 heterocycles. The van der Waals surface area contributed by atoms with Crippen molar-refractivity contribution in [3.8, 4) is 11.1 Å². The van der Waals surface area contributed by atoms with Gasteiger partial charge in [-0.15, -0.1) is 0 Å². The Morgan fingerprint density at radius 2 is 2.00 bits per heavy atom. The molecule has 4 rings (SSSR count). The molecule has 1 aliphatic rings. The van der Waals surface area contributed by atoms with Crippen molar-refractivity contribution in [1.29, 1.82) is 0 Å². The number of anilines is 2. The number of likely N-dealkylation sites (N-methyl/N-ethyl adjacent to an activating group) is 1. The van der Waals surface area contributed by atoms with Crippen molar-refractivity contribution in [3.05, 3.63) is 64.8 Å². The second-order valence-electron chi connectivity index (χ2n) is 8.05. The van der Waals surface area contributed by atoms with E-state index < -0.39 is 5.97 Å². The van der Waals surface area contributed by atoms with E-state index in [0.717, 1.165) is 36.3 Å². The molecule has 31 heavy (non-hydrogen) atoms. The maximum absolute atomic E-state index is 11.9. The molecule has 0 saturated heterocycles. The lowest BCUT2D eigenvalue weighted by Gasteiger charge is -2.22. The Hall–Kier alpha value is -3.03. The Morgan fingerprint density at radius 1 is 1.23 bits per heavy atom. The number of carbonyl (C=O) groups is 1. The second kappa shape index (κ2) is 8.99. The molecule has 0 saturated carbocycles. The zero-order valence-electron chi connectivity index (χ0n) is 17.9. The molecule has 2 N–H and O–H groups in total. The van der Waals surface area contributed by atoms with Crippen molar-refractivity contribution in [3.63, 3.8) is 0 Å². The zero-order valence-corrected chi connectivity index (χ0v) is 18.7. The number of carboxylic acid groups (broad SMARTS) is 1. The van der Waals surface area contributed by atoms with Gasteiger partial charge in [0.15, 0.2) is 5.13 Å². The number of pyridine rings is 1. The van der Waals surface area contributed by atoms with Crippen LogP contribution in [-0.4, -0.2) is 46.1 Å². The first kappa shape index (κ1) is 21.2. The first-order valence-electron chi connectivity index (χ1n) is 10.4. The number of benzene rings is 1. The fraction of sp³-hybridized carbons (Fsp3) is 0.292. The summed E-state index contributed by atoms with van der Waals surface area (Å²) in [5.74, 6) is -0.443. The number of hydrogen-bond donors (Lipinski definition) is 2. The molecular weight excluding hydrogens is 408 g/mol. The van der Waals surface area contributed by atoms with E-state index in [9.17, 15) is 9.90 Å². The first-order chi connectivity index (χ1) is 14.9. The van der Waals surface area contributed by atoms with Crippen LogP contribution in [0.15, 0.2) is 48.7 Å². The molecule has 160 valence electrons. The van der Waals surface area contributed by atoms with Crippen LogP contribution in [0.5, 0.6) is 0 Å². The van der Waals surface area contributed by atoms with Crippen molar-refractivity contribution in [2.24, 2.45) is 0 Å². The number of carboxylic acids is 1. The van der Waals surface area contributed by atoms with Crippen molar-refractivity contribution in [1.82, 2.24) is 14.9 Å². The molecule has 6 nitrogen and oxygen atoms in total. The Balaban J connectivity index is 1.67. The lowest BCUT2D eigenvalue weighted by Crippen LogP contribution is -2.23. The molecule has 1 aliphatic heterocycles. The van der Waals surface area contributed by atoms with E-state index in [0.29, 0.717) is 10.9 Å². The smallest absolute Gasteiger partial charge is 0.339 e. The van der Waals surface area contributed by atoms with Gasteiger partial charge in [0.1, 0.15) is 11.4 Å². The molecule has 0 spiro atoms. The highest BCUT2D eigenvalue weighted by Gasteiger charge is 2.21. The highest BCUT2D eigenvalue weighted by atomic mass is 32.1. The van der Waals surface area contributed by atoms with Crippen LogP contribution < -0.4 is 5.32 Å². The van der Waals surface area contributed by atoms with Crippen molar-refractivity contribution in [2.45, 2.75) is 26.2 Å². The number of hydrogen-bond acceptors (Lipinski definition) is 6. The third-order valence-corrected chi connectivity index (χ3v) is 6.42. The van der Waals surface area contributed by atoms with Gasteiger partial charge in [-0.05, 0) is 36.6 Å². The van der Waals surface area contributed by atoms with E-state index in [1.807, 2.05) is 30.3 Å². The van der Waals surface area contributed by atoms with E-state index >= 15 is 0 Å². The maximum Gasteiger partial charge on any atom is 0.339 e. The summed E-state index contributed by atoms with van der Waals surface area (Å²) >= 11 is 1.57. The molecule has 0 bridgehead atoms. The van der Waals surface area contributed by atoms with Crippen LogP contribution in [0.2, 0.25) is 0 Å². The van der Waals surface area contributed by atoms with Gasteiger partial charge >= 0.3 is 5.97 Å². The summed E-state index contributed by atoms with van der Waals surface area (Å²) in [7, 11) is 2.12. The average molecular weight is 435 g/mol. The highest BCUT2D eigenvalue weighted by Crippen LogP contribution is 2.37. The summed E-state index contributed by atoms with van der Waals surface area (Å²) < 4.78 is 0. The van der Waals surface area contributed by atoms with Crippen LogP contribution in [0.3, 0.4) is 0 Å². The van der Waals surface area contributed by atoms with E-state index in [2.05, 4.69) is 42.2 Å². The molecule has 1 aromatic carbocycles. The van der Waals surface area contributed by atoms with Crippen LogP contribution >= 0.6 is 11.3 Å². The summed E-state index contributed by atoms with van der Waals surface area (Å²) in [6.45, 7) is 6.22. The standard InChI is InChI=1S/C24H26N4O2S/c1-15(2)20-21(17-9-11-28(3)12-10-17)31-24(26-20)27-22-19(23(29)30)13-18(14-25-22)16-7-5-4-6-8-16/h4-9,13-15H,10-12H2,1-3H3,(H,29,30)(H,25,26,27). The van der Waals surface area contributed by atoms with E-state index in [1.165, 1.54) is 10.5 Å². The lowest BCUT2D eigenvalue weighted by atomic mass is 10.0. The van der Waals surface area contributed by atoms with Gasteiger partial charge in [0.2, 0.25) is 0 Å². The SMILES string of the molecule is CC(C)c1nc(Nc2ncc(-c3ccccc3)cc2C(=O)O)sc1C1=CCN(C)CC1. The lowest BCUT2D eigenvalue weighted by molar-refractivity contribution is 0.0697. The van der Waals surface area contributed by atoms with E-state index in [1.54, 1.807) is 23.6 Å². The minimum atomic E-state index is -1.02. The molecule has 0 aliphatic carbocycles. The Labute approximate surface area is 186 Å². The molecule has 0 amide bonds. The van der Waals surface area contributed by atoms with Gasteiger partial charge in [0.25, 0.3) is 0 Å². The van der Waals surface area contributed by atoms with E-state index in [4.69, 9.17) is 4.98 Å². The van der Waals surface area contributed by atoms with Crippen LogP contribution in [0, 0.1) is 0 Å². The molecule has 0 unspecified atom stereocenters. The number of nitrogens with one attached hydrogen (secondary N) is 1. The molecular formula is C24H26N4O2S. The first-order valence-corrected chi connectivity index (χ1v) is 11.2. The van der Waals surface area contributed by atoms with Crippen LogP contribution in [0.1, 0.15) is 47.1 Å². The molecule has 0 radical (unpaired) electrons. The third-order valence-electron chi connectivity index (χ3n) is 5.35. The number of rotatable bonds is 6. The summed E-state index contributed by atoms with van der Waals surface area (Å²) in [6, 6.07) is 11.3. The molecule has 3 aromatic rings. The number of aromatic carboxylic acids is 1. The number of nitrogens with zero attached hydrogens (tertiary/aromatic N) is 3. The normalized spacial score (nSPS) is 14.5. The number of aromatic nitrogens is 2. The quantitative estimate of drug-likeness (QED) is 0.534. The minimum Gasteiger partial charge on any atom is -0.478 e. The van der Waals surface area contributed by atoms with Gasteiger partial charge in [-0.1, -0.05) is 61.6 Å². The Bertz CT molecular complexity index is 1120. The predicted molar refractivity (Wildman–Crippen MR) is 126 cm³/mol. The summed E-state index contributed by atoms with van der Waals surface area (Å²) in [5, 5.41) is 13.6. The molecule has 0 atom stereocenters. The predicted octanol–water partition coefficient (Wildman–Crippen LogP) is 5.49. The van der Waals surface area contributed by atoms with Gasteiger partial charge in [0.05, 0.1) is 10.6 Å². The van der Waals surface area contributed by atoms with Gasteiger partial charge in [-0.2, -0.15) is 0 Å². The van der Waals surface area contributed by atoms with Gasteiger partial charge < -0.3 is 15.3 Å². The topological polar surface area (TPSA) is 78.3 Å². The monoisotopic (exact) mass is 434 g/mol. The highest BCUT2D eigenvalue weighted by molar-refractivity contribution is 7.16. The van der Waals surface area contributed by atoms with Gasteiger partial charge in [-0.25, -0.2) is 14.8 Å². The molecule has 2 aromatic heterocycles. The van der Waals surface area contributed by atoms with Crippen molar-refractivity contribution >= 4 is 33.8 Å². The fourth-order valence-corrected chi connectivity index (χ4v) is 4.79. The molecule has 7 heteroatoms. The van der Waals surface area contributed by atoms with Gasteiger partial charge in [-0.3, -0.25) is 0 Å². The van der Waals surface area contributed by atoms with Crippen LogP contribution in [-0.2, 0) is 0 Å². The maximum atomic E-state index is 11.9. The summed E-state index contributed by atoms with van der Waals surface area (Å²) in [5.41, 5.74) is 4.18. The van der Waals surface area contributed by atoms with Gasteiger partial charge in [0, 0.05) is 24.8 Å². The third kappa shape index (κ3) is 4.68. The summed E-state index contributed by atoms with van der Waals surface area (Å²) in [4.78, 5) is 24.6. The number of thiazole rings is 1. The fourth-order valence-electron chi connectivity index (χ4n) is 3.60. The average Bonchev–Trinajstić information content (AvgIpc) is 3.19.